The van der Waals surface area contributed by atoms with Gasteiger partial charge in [0.1, 0.15) is 5.76 Å². The summed E-state index contributed by atoms with van der Waals surface area (Å²) in [4.78, 5) is 8.99. The highest BCUT2D eigenvalue weighted by atomic mass is 16.7. The number of fused-ring (bicyclic) bond motifs is 1. The van der Waals surface area contributed by atoms with Crippen molar-refractivity contribution in [2.75, 3.05) is 18.5 Å². The first-order chi connectivity index (χ1) is 13.3. The fourth-order valence-electron chi connectivity index (χ4n) is 3.05. The van der Waals surface area contributed by atoms with E-state index in [4.69, 9.17) is 13.9 Å². The summed E-state index contributed by atoms with van der Waals surface area (Å²) in [7, 11) is 0. The first kappa shape index (κ1) is 16.0. The van der Waals surface area contributed by atoms with Gasteiger partial charge in [0.2, 0.25) is 12.2 Å². The molecule has 0 aliphatic carbocycles. The molecule has 0 atom stereocenters. The van der Waals surface area contributed by atoms with Crippen LogP contribution < -0.4 is 5.32 Å². The van der Waals surface area contributed by atoms with Crippen LogP contribution in [0.5, 0.6) is 0 Å². The maximum absolute atomic E-state index is 5.90. The van der Waals surface area contributed by atoms with E-state index in [1.807, 2.05) is 66.9 Å². The lowest BCUT2D eigenvalue weighted by atomic mass is 10.1. The molecule has 1 aliphatic heterocycles. The first-order valence-electron chi connectivity index (χ1n) is 8.77. The number of nitrogens with one attached hydrogen (secondary N) is 1. The fraction of sp³-hybridized carbons (Fsp3) is 0.143. The Morgan fingerprint density at radius 2 is 1.78 bits per heavy atom. The van der Waals surface area contributed by atoms with Gasteiger partial charge in [-0.05, 0) is 42.5 Å². The number of rotatable bonds is 4. The van der Waals surface area contributed by atoms with Gasteiger partial charge in [0.05, 0.1) is 18.7 Å². The quantitative estimate of drug-likeness (QED) is 0.571. The number of aromatic nitrogens is 2. The predicted octanol–water partition coefficient (Wildman–Crippen LogP) is 4.68. The van der Waals surface area contributed by atoms with E-state index >= 15 is 0 Å². The van der Waals surface area contributed by atoms with Gasteiger partial charge in [0.25, 0.3) is 0 Å². The Morgan fingerprint density at radius 3 is 2.63 bits per heavy atom. The zero-order valence-electron chi connectivity index (χ0n) is 14.5. The maximum atomic E-state index is 5.90. The molecule has 2 aromatic carbocycles. The highest BCUT2D eigenvalue weighted by Gasteiger charge is 2.22. The van der Waals surface area contributed by atoms with E-state index in [0.717, 1.165) is 27.9 Å². The van der Waals surface area contributed by atoms with E-state index < -0.39 is 6.29 Å². The molecular formula is C21H17N3O3. The van der Waals surface area contributed by atoms with Gasteiger partial charge in [-0.25, -0.2) is 9.97 Å². The fourth-order valence-corrected chi connectivity index (χ4v) is 3.05. The van der Waals surface area contributed by atoms with Crippen molar-refractivity contribution in [1.82, 2.24) is 9.97 Å². The van der Waals surface area contributed by atoms with E-state index in [1.165, 1.54) is 0 Å². The molecule has 0 saturated carbocycles. The zero-order chi connectivity index (χ0) is 18.1. The molecule has 5 rings (SSSR count). The van der Waals surface area contributed by atoms with E-state index in [0.29, 0.717) is 24.9 Å². The van der Waals surface area contributed by atoms with Gasteiger partial charge in [-0.1, -0.05) is 18.2 Å². The summed E-state index contributed by atoms with van der Waals surface area (Å²) in [5.74, 6) is 2.01. The monoisotopic (exact) mass is 359 g/mol. The lowest BCUT2D eigenvalue weighted by Gasteiger charge is -2.07. The molecule has 4 aromatic rings. The number of anilines is 2. The number of hydrogen-bond acceptors (Lipinski definition) is 6. The summed E-state index contributed by atoms with van der Waals surface area (Å²) >= 11 is 0. The average molecular weight is 359 g/mol. The smallest absolute Gasteiger partial charge is 0.227 e. The van der Waals surface area contributed by atoms with Crippen LogP contribution in [0.1, 0.15) is 12.1 Å². The van der Waals surface area contributed by atoms with Crippen molar-refractivity contribution in [2.45, 2.75) is 6.29 Å². The van der Waals surface area contributed by atoms with E-state index in [9.17, 15) is 0 Å². The van der Waals surface area contributed by atoms with Crippen molar-refractivity contribution in [3.8, 4) is 11.3 Å². The number of nitrogens with zero attached hydrogens (tertiary/aromatic N) is 2. The molecular weight excluding hydrogens is 342 g/mol. The molecule has 1 fully saturated rings. The molecule has 3 heterocycles. The van der Waals surface area contributed by atoms with Crippen LogP contribution in [-0.4, -0.2) is 23.2 Å². The molecule has 6 nitrogen and oxygen atoms in total. The molecule has 1 saturated heterocycles. The molecule has 6 heteroatoms. The van der Waals surface area contributed by atoms with Crippen LogP contribution >= 0.6 is 0 Å². The minimum atomic E-state index is -0.408. The third kappa shape index (κ3) is 3.28. The molecule has 27 heavy (non-hydrogen) atoms. The Morgan fingerprint density at radius 1 is 0.926 bits per heavy atom. The Labute approximate surface area is 155 Å². The van der Waals surface area contributed by atoms with Crippen LogP contribution in [0.25, 0.3) is 22.2 Å². The molecule has 134 valence electrons. The van der Waals surface area contributed by atoms with Gasteiger partial charge < -0.3 is 19.2 Å². The van der Waals surface area contributed by atoms with Gasteiger partial charge in [-0.3, -0.25) is 0 Å². The standard InChI is InChI=1S/C21H17N3O3/c1-2-4-16(5-3-1)23-21-22-13-15-12-14(6-7-17(15)24-21)18-8-9-19(27-18)20-25-10-11-26-20/h1-9,12-13,20H,10-11H2,(H,22,23,24). The molecule has 1 aliphatic rings. The van der Waals surface area contributed by atoms with Gasteiger partial charge in [-0.15, -0.1) is 0 Å². The van der Waals surface area contributed by atoms with E-state index in [1.54, 1.807) is 0 Å². The Hall–Kier alpha value is -3.22. The van der Waals surface area contributed by atoms with Crippen molar-refractivity contribution in [3.63, 3.8) is 0 Å². The number of benzene rings is 2. The number of ether oxygens (including phenoxy) is 2. The summed E-state index contributed by atoms with van der Waals surface area (Å²) in [5, 5.41) is 4.15. The summed E-state index contributed by atoms with van der Waals surface area (Å²) in [5.41, 5.74) is 2.77. The predicted molar refractivity (Wildman–Crippen MR) is 102 cm³/mol. The van der Waals surface area contributed by atoms with Crippen molar-refractivity contribution in [1.29, 1.82) is 0 Å². The second kappa shape index (κ2) is 6.83. The van der Waals surface area contributed by atoms with E-state index in [-0.39, 0.29) is 0 Å². The Kier molecular flexibility index (Phi) is 4.04. The third-order valence-electron chi connectivity index (χ3n) is 4.38. The average Bonchev–Trinajstić information content (AvgIpc) is 3.40. The number of hydrogen-bond donors (Lipinski definition) is 1. The van der Waals surface area contributed by atoms with Crippen LogP contribution in [0.15, 0.2) is 71.3 Å². The Bertz CT molecular complexity index is 1070. The van der Waals surface area contributed by atoms with Gasteiger partial charge >= 0.3 is 0 Å². The Balaban J connectivity index is 1.41. The van der Waals surface area contributed by atoms with Gasteiger partial charge in [0.15, 0.2) is 5.76 Å². The lowest BCUT2D eigenvalue weighted by Crippen LogP contribution is -1.96. The van der Waals surface area contributed by atoms with Crippen molar-refractivity contribution < 1.29 is 13.9 Å². The first-order valence-corrected chi connectivity index (χ1v) is 8.77. The highest BCUT2D eigenvalue weighted by Crippen LogP contribution is 2.31. The normalized spacial score (nSPS) is 14.7. The lowest BCUT2D eigenvalue weighted by molar-refractivity contribution is -0.0585. The SMILES string of the molecule is c1ccc(Nc2ncc3cc(-c4ccc(C5OCCO5)o4)ccc3n2)cc1. The molecule has 0 amide bonds. The van der Waals surface area contributed by atoms with Gasteiger partial charge in [0, 0.05) is 22.8 Å². The van der Waals surface area contributed by atoms with Crippen LogP contribution in [0.2, 0.25) is 0 Å². The van der Waals surface area contributed by atoms with Gasteiger partial charge in [-0.2, -0.15) is 0 Å². The molecule has 0 bridgehead atoms. The summed E-state index contributed by atoms with van der Waals surface area (Å²) < 4.78 is 16.9. The number of furan rings is 1. The summed E-state index contributed by atoms with van der Waals surface area (Å²) in [6.07, 6.45) is 1.40. The van der Waals surface area contributed by atoms with Crippen LogP contribution in [0.4, 0.5) is 11.6 Å². The molecule has 0 radical (unpaired) electrons. The van der Waals surface area contributed by atoms with Crippen molar-refractivity contribution in [3.05, 3.63) is 72.6 Å². The van der Waals surface area contributed by atoms with Crippen molar-refractivity contribution in [2.24, 2.45) is 0 Å². The minimum absolute atomic E-state index is 0.408. The minimum Gasteiger partial charge on any atom is -0.456 e. The summed E-state index contributed by atoms with van der Waals surface area (Å²) in [6, 6.07) is 19.6. The molecule has 1 N–H and O–H groups in total. The topological polar surface area (TPSA) is 69.4 Å². The third-order valence-corrected chi connectivity index (χ3v) is 4.38. The zero-order valence-corrected chi connectivity index (χ0v) is 14.5. The van der Waals surface area contributed by atoms with E-state index in [2.05, 4.69) is 15.3 Å². The van der Waals surface area contributed by atoms with Crippen LogP contribution in [0, 0.1) is 0 Å². The second-order valence-electron chi connectivity index (χ2n) is 6.23. The molecule has 0 spiro atoms. The maximum Gasteiger partial charge on any atom is 0.227 e. The van der Waals surface area contributed by atoms with Crippen LogP contribution in [0.3, 0.4) is 0 Å². The second-order valence-corrected chi connectivity index (χ2v) is 6.23. The number of para-hydroxylation sites is 1. The van der Waals surface area contributed by atoms with Crippen molar-refractivity contribution >= 4 is 22.5 Å². The highest BCUT2D eigenvalue weighted by molar-refractivity contribution is 5.84. The largest absolute Gasteiger partial charge is 0.456 e. The molecule has 0 unspecified atom stereocenters. The molecule has 2 aromatic heterocycles. The summed E-state index contributed by atoms with van der Waals surface area (Å²) in [6.45, 7) is 1.18. The van der Waals surface area contributed by atoms with Crippen LogP contribution in [-0.2, 0) is 9.47 Å².